The fraction of sp³-hybridized carbons (Fsp3) is 0.381. The van der Waals surface area contributed by atoms with Crippen LogP contribution in [0.25, 0.3) is 0 Å². The lowest BCUT2D eigenvalue weighted by Gasteiger charge is -2.36. The van der Waals surface area contributed by atoms with Crippen molar-refractivity contribution in [3.63, 3.8) is 0 Å². The fourth-order valence-corrected chi connectivity index (χ4v) is 3.16. The van der Waals surface area contributed by atoms with Crippen LogP contribution in [0.2, 0.25) is 0 Å². The number of hydrogen-bond donors (Lipinski definition) is 0. The highest BCUT2D eigenvalue weighted by molar-refractivity contribution is 5.81. The van der Waals surface area contributed by atoms with Gasteiger partial charge in [-0.15, -0.1) is 0 Å². The highest BCUT2D eigenvalue weighted by Crippen LogP contribution is 2.17. The van der Waals surface area contributed by atoms with Crippen LogP contribution < -0.4 is 4.74 Å². The van der Waals surface area contributed by atoms with Gasteiger partial charge in [-0.1, -0.05) is 37.3 Å². The maximum absolute atomic E-state index is 13.0. The summed E-state index contributed by atoms with van der Waals surface area (Å²) >= 11 is 0. The molecule has 1 saturated heterocycles. The van der Waals surface area contributed by atoms with Crippen molar-refractivity contribution in [1.82, 2.24) is 9.80 Å². The second kappa shape index (κ2) is 8.81. The average molecular weight is 356 g/mol. The normalized spacial score (nSPS) is 16.3. The lowest BCUT2D eigenvalue weighted by molar-refractivity contribution is -0.140. The van der Waals surface area contributed by atoms with E-state index in [9.17, 15) is 9.18 Å². The molecule has 138 valence electrons. The van der Waals surface area contributed by atoms with E-state index >= 15 is 0 Å². The summed E-state index contributed by atoms with van der Waals surface area (Å²) in [6, 6.07) is 16.2. The van der Waals surface area contributed by atoms with Crippen molar-refractivity contribution in [2.75, 3.05) is 26.2 Å². The van der Waals surface area contributed by atoms with Gasteiger partial charge in [-0.25, -0.2) is 4.39 Å². The second-order valence-electron chi connectivity index (χ2n) is 6.56. The predicted molar refractivity (Wildman–Crippen MR) is 99.4 cm³/mol. The van der Waals surface area contributed by atoms with Crippen molar-refractivity contribution >= 4 is 5.91 Å². The van der Waals surface area contributed by atoms with Crippen molar-refractivity contribution in [3.8, 4) is 5.75 Å². The Morgan fingerprint density at radius 1 is 1.04 bits per heavy atom. The Hall–Kier alpha value is -2.40. The van der Waals surface area contributed by atoms with Crippen LogP contribution >= 0.6 is 0 Å². The molecule has 2 aromatic rings. The quantitative estimate of drug-likeness (QED) is 0.796. The van der Waals surface area contributed by atoms with Gasteiger partial charge in [0.05, 0.1) is 0 Å². The lowest BCUT2D eigenvalue weighted by atomic mass is 10.1. The van der Waals surface area contributed by atoms with E-state index in [1.54, 1.807) is 12.1 Å². The number of benzene rings is 2. The van der Waals surface area contributed by atoms with E-state index in [0.717, 1.165) is 19.6 Å². The van der Waals surface area contributed by atoms with Gasteiger partial charge >= 0.3 is 0 Å². The number of carbonyl (C=O) groups excluding carboxylic acids is 1. The Labute approximate surface area is 154 Å². The summed E-state index contributed by atoms with van der Waals surface area (Å²) in [5, 5.41) is 0. The fourth-order valence-electron chi connectivity index (χ4n) is 3.16. The van der Waals surface area contributed by atoms with Gasteiger partial charge in [0.25, 0.3) is 5.91 Å². The minimum absolute atomic E-state index is 0.0104. The van der Waals surface area contributed by atoms with Crippen LogP contribution in [0.3, 0.4) is 0 Å². The van der Waals surface area contributed by atoms with Crippen LogP contribution in [0.15, 0.2) is 54.6 Å². The Balaban J connectivity index is 1.52. The van der Waals surface area contributed by atoms with E-state index in [2.05, 4.69) is 17.0 Å². The van der Waals surface area contributed by atoms with Gasteiger partial charge in [-0.05, 0) is 36.2 Å². The molecule has 1 aliphatic heterocycles. The maximum atomic E-state index is 13.0. The summed E-state index contributed by atoms with van der Waals surface area (Å²) in [6.07, 6.45) is 0.0570. The zero-order valence-corrected chi connectivity index (χ0v) is 15.1. The molecule has 5 heteroatoms. The first-order valence-corrected chi connectivity index (χ1v) is 9.13. The van der Waals surface area contributed by atoms with Gasteiger partial charge in [0, 0.05) is 32.7 Å². The average Bonchev–Trinajstić information content (AvgIpc) is 2.68. The molecule has 0 unspecified atom stereocenters. The minimum Gasteiger partial charge on any atom is -0.481 e. The molecular weight excluding hydrogens is 331 g/mol. The van der Waals surface area contributed by atoms with E-state index < -0.39 is 6.10 Å². The van der Waals surface area contributed by atoms with Crippen LogP contribution in [0.4, 0.5) is 4.39 Å². The van der Waals surface area contributed by atoms with Gasteiger partial charge in [0.1, 0.15) is 11.6 Å². The summed E-state index contributed by atoms with van der Waals surface area (Å²) < 4.78 is 18.8. The standard InChI is InChI=1S/C21H25FN2O2/c1-2-20(26-19-10-8-18(22)9-11-19)21(25)24-14-12-23(13-15-24)16-17-6-4-3-5-7-17/h3-11,20H,2,12-16H2,1H3/t20-/m1/s1. The summed E-state index contributed by atoms with van der Waals surface area (Å²) in [5.41, 5.74) is 1.29. The molecule has 4 nitrogen and oxygen atoms in total. The zero-order chi connectivity index (χ0) is 18.4. The first-order chi connectivity index (χ1) is 12.7. The third-order valence-electron chi connectivity index (χ3n) is 4.67. The van der Waals surface area contributed by atoms with Gasteiger partial charge in [-0.2, -0.15) is 0 Å². The molecule has 1 heterocycles. The SMILES string of the molecule is CC[C@@H](Oc1ccc(F)cc1)C(=O)N1CCN(Cc2ccccc2)CC1. The first-order valence-electron chi connectivity index (χ1n) is 9.13. The Morgan fingerprint density at radius 2 is 1.69 bits per heavy atom. The van der Waals surface area contributed by atoms with Crippen LogP contribution in [0, 0.1) is 5.82 Å². The number of carbonyl (C=O) groups is 1. The summed E-state index contributed by atoms with van der Waals surface area (Å²) in [6.45, 7) is 5.95. The smallest absolute Gasteiger partial charge is 0.263 e. The number of halogens is 1. The van der Waals surface area contributed by atoms with Gasteiger partial charge < -0.3 is 9.64 Å². The molecule has 0 aromatic heterocycles. The van der Waals surface area contributed by atoms with Crippen molar-refractivity contribution in [3.05, 3.63) is 66.0 Å². The predicted octanol–water partition coefficient (Wildman–Crippen LogP) is 3.33. The Kier molecular flexibility index (Phi) is 6.23. The molecule has 0 spiro atoms. The number of rotatable bonds is 6. The number of nitrogens with zero attached hydrogens (tertiary/aromatic N) is 2. The molecule has 0 radical (unpaired) electrons. The Morgan fingerprint density at radius 3 is 2.31 bits per heavy atom. The molecule has 1 fully saturated rings. The minimum atomic E-state index is -0.527. The summed E-state index contributed by atoms with van der Waals surface area (Å²) in [7, 11) is 0. The van der Waals surface area contributed by atoms with Crippen molar-refractivity contribution in [2.24, 2.45) is 0 Å². The summed E-state index contributed by atoms with van der Waals surface area (Å²) in [4.78, 5) is 17.0. The molecule has 0 bridgehead atoms. The van der Waals surface area contributed by atoms with Crippen LogP contribution in [0.5, 0.6) is 5.75 Å². The number of hydrogen-bond acceptors (Lipinski definition) is 3. The van der Waals surface area contributed by atoms with Crippen molar-refractivity contribution < 1.29 is 13.9 Å². The third kappa shape index (κ3) is 4.82. The maximum Gasteiger partial charge on any atom is 0.263 e. The van der Waals surface area contributed by atoms with E-state index in [4.69, 9.17) is 4.74 Å². The van der Waals surface area contributed by atoms with Gasteiger partial charge in [-0.3, -0.25) is 9.69 Å². The van der Waals surface area contributed by atoms with Crippen molar-refractivity contribution in [1.29, 1.82) is 0 Å². The van der Waals surface area contributed by atoms with Crippen molar-refractivity contribution in [2.45, 2.75) is 26.0 Å². The van der Waals surface area contributed by atoms with Gasteiger partial charge in [0.2, 0.25) is 0 Å². The third-order valence-corrected chi connectivity index (χ3v) is 4.67. The largest absolute Gasteiger partial charge is 0.481 e. The van der Waals surface area contributed by atoms with E-state index in [-0.39, 0.29) is 11.7 Å². The molecule has 0 saturated carbocycles. The first kappa shape index (κ1) is 18.4. The molecule has 3 rings (SSSR count). The van der Waals surface area contributed by atoms with E-state index in [1.807, 2.05) is 30.0 Å². The summed E-state index contributed by atoms with van der Waals surface area (Å²) in [5.74, 6) is 0.219. The van der Waals surface area contributed by atoms with E-state index in [1.165, 1.54) is 17.7 Å². The van der Waals surface area contributed by atoms with Gasteiger partial charge in [0.15, 0.2) is 6.10 Å². The molecule has 0 N–H and O–H groups in total. The van der Waals surface area contributed by atoms with Crippen LogP contribution in [-0.2, 0) is 11.3 Å². The molecule has 2 aromatic carbocycles. The number of ether oxygens (including phenoxy) is 1. The molecular formula is C21H25FN2O2. The highest BCUT2D eigenvalue weighted by atomic mass is 19.1. The van der Waals surface area contributed by atoms with Crippen LogP contribution in [-0.4, -0.2) is 48.0 Å². The molecule has 1 amide bonds. The van der Waals surface area contributed by atoms with Crippen LogP contribution in [0.1, 0.15) is 18.9 Å². The lowest BCUT2D eigenvalue weighted by Crippen LogP contribution is -2.52. The number of piperazine rings is 1. The molecule has 26 heavy (non-hydrogen) atoms. The topological polar surface area (TPSA) is 32.8 Å². The number of amides is 1. The second-order valence-corrected chi connectivity index (χ2v) is 6.56. The molecule has 0 aliphatic carbocycles. The zero-order valence-electron chi connectivity index (χ0n) is 15.1. The molecule has 1 aliphatic rings. The molecule has 1 atom stereocenters. The monoisotopic (exact) mass is 356 g/mol. The highest BCUT2D eigenvalue weighted by Gasteiger charge is 2.27. The van der Waals surface area contributed by atoms with E-state index in [0.29, 0.717) is 25.3 Å². The Bertz CT molecular complexity index is 698.